The van der Waals surface area contributed by atoms with E-state index < -0.39 is 0 Å². The lowest BCUT2D eigenvalue weighted by Gasteiger charge is -1.97. The zero-order valence-corrected chi connectivity index (χ0v) is 8.59. The van der Waals surface area contributed by atoms with Crippen LogP contribution in [0.2, 0.25) is 0 Å². The molecule has 0 radical (unpaired) electrons. The van der Waals surface area contributed by atoms with Crippen LogP contribution in [0.5, 0.6) is 5.75 Å². The number of halogens is 2. The lowest BCUT2D eigenvalue weighted by molar-refractivity contribution is 0.471. The first-order valence-corrected chi connectivity index (χ1v) is 5.07. The molecule has 0 heterocycles. The summed E-state index contributed by atoms with van der Waals surface area (Å²) in [5, 5.41) is 10.2. The molecule has 1 aromatic rings. The fraction of sp³-hybridized carbons (Fsp3) is 0.200. The van der Waals surface area contributed by atoms with Gasteiger partial charge >= 0.3 is 0 Å². The Kier molecular flexibility index (Phi) is 3.96. The highest BCUT2D eigenvalue weighted by atomic mass is 79.9. The van der Waals surface area contributed by atoms with Crippen LogP contribution in [0.4, 0.5) is 4.39 Å². The van der Waals surface area contributed by atoms with Gasteiger partial charge in [-0.15, -0.1) is 0 Å². The van der Waals surface area contributed by atoms with Gasteiger partial charge in [0.25, 0.3) is 0 Å². The Morgan fingerprint density at radius 2 is 2.23 bits per heavy atom. The minimum absolute atomic E-state index is 0.104. The molecular formula is C10H10BrFO. The molecule has 1 aromatic carbocycles. The van der Waals surface area contributed by atoms with E-state index in [1.165, 1.54) is 18.2 Å². The molecule has 0 aliphatic rings. The summed E-state index contributed by atoms with van der Waals surface area (Å²) < 4.78 is 12.7. The molecule has 0 aliphatic heterocycles. The standard InChI is InChI=1S/C10H10BrFO/c11-6-2-1-3-8-7-9(12)4-5-10(8)13/h1,3-5,7,13H,2,6H2. The molecule has 0 unspecified atom stereocenters. The van der Waals surface area contributed by atoms with Crippen molar-refractivity contribution < 1.29 is 9.50 Å². The summed E-state index contributed by atoms with van der Waals surface area (Å²) in [7, 11) is 0. The minimum Gasteiger partial charge on any atom is -0.507 e. The molecule has 3 heteroatoms. The van der Waals surface area contributed by atoms with E-state index in [0.29, 0.717) is 5.56 Å². The van der Waals surface area contributed by atoms with Gasteiger partial charge in [-0.1, -0.05) is 28.1 Å². The zero-order valence-electron chi connectivity index (χ0n) is 7.00. The summed E-state index contributed by atoms with van der Waals surface area (Å²) in [6.45, 7) is 0. The summed E-state index contributed by atoms with van der Waals surface area (Å²) >= 11 is 3.27. The van der Waals surface area contributed by atoms with Crippen LogP contribution in [0.3, 0.4) is 0 Å². The van der Waals surface area contributed by atoms with Gasteiger partial charge in [-0.2, -0.15) is 0 Å². The normalized spacial score (nSPS) is 10.9. The van der Waals surface area contributed by atoms with Gasteiger partial charge in [0.05, 0.1) is 0 Å². The van der Waals surface area contributed by atoms with Crippen molar-refractivity contribution in [1.82, 2.24) is 0 Å². The summed E-state index contributed by atoms with van der Waals surface area (Å²) in [4.78, 5) is 0. The third kappa shape index (κ3) is 3.19. The molecule has 0 amide bonds. The van der Waals surface area contributed by atoms with Crippen molar-refractivity contribution in [3.8, 4) is 5.75 Å². The predicted molar refractivity (Wildman–Crippen MR) is 55.5 cm³/mol. The molecule has 13 heavy (non-hydrogen) atoms. The average molecular weight is 245 g/mol. The Morgan fingerprint density at radius 1 is 1.46 bits per heavy atom. The fourth-order valence-corrected chi connectivity index (χ4v) is 1.20. The number of benzene rings is 1. The van der Waals surface area contributed by atoms with Crippen molar-refractivity contribution in [2.75, 3.05) is 5.33 Å². The second-order valence-corrected chi connectivity index (χ2v) is 3.38. The number of rotatable bonds is 3. The third-order valence-corrected chi connectivity index (χ3v) is 2.02. The van der Waals surface area contributed by atoms with Gasteiger partial charge in [0.15, 0.2) is 0 Å². The maximum atomic E-state index is 12.7. The summed E-state index contributed by atoms with van der Waals surface area (Å²) in [5.74, 6) is -0.233. The van der Waals surface area contributed by atoms with Gasteiger partial charge < -0.3 is 5.11 Å². The number of hydrogen-bond acceptors (Lipinski definition) is 1. The monoisotopic (exact) mass is 244 g/mol. The molecule has 0 aromatic heterocycles. The highest BCUT2D eigenvalue weighted by Gasteiger charge is 1.97. The topological polar surface area (TPSA) is 20.2 Å². The van der Waals surface area contributed by atoms with Gasteiger partial charge in [-0.25, -0.2) is 4.39 Å². The second kappa shape index (κ2) is 5.02. The van der Waals surface area contributed by atoms with E-state index in [9.17, 15) is 9.50 Å². The molecule has 0 saturated heterocycles. The molecule has 0 bridgehead atoms. The van der Waals surface area contributed by atoms with Crippen LogP contribution in [0, 0.1) is 5.82 Å². The largest absolute Gasteiger partial charge is 0.507 e. The van der Waals surface area contributed by atoms with E-state index in [2.05, 4.69) is 15.9 Å². The van der Waals surface area contributed by atoms with E-state index in [1.807, 2.05) is 6.08 Å². The first-order valence-electron chi connectivity index (χ1n) is 3.95. The van der Waals surface area contributed by atoms with Crippen LogP contribution in [0.1, 0.15) is 12.0 Å². The van der Waals surface area contributed by atoms with Crippen molar-refractivity contribution >= 4 is 22.0 Å². The van der Waals surface area contributed by atoms with Crippen LogP contribution < -0.4 is 0 Å². The first-order chi connectivity index (χ1) is 6.24. The lowest BCUT2D eigenvalue weighted by atomic mass is 10.2. The fourth-order valence-electron chi connectivity index (χ4n) is 0.932. The molecular weight excluding hydrogens is 235 g/mol. The Hall–Kier alpha value is -0.830. The number of phenolic OH excluding ortho intramolecular Hbond substituents is 1. The highest BCUT2D eigenvalue weighted by Crippen LogP contribution is 2.19. The second-order valence-electron chi connectivity index (χ2n) is 2.58. The number of hydrogen-bond donors (Lipinski definition) is 1. The van der Waals surface area contributed by atoms with Gasteiger partial charge in [0.2, 0.25) is 0 Å². The molecule has 1 nitrogen and oxygen atoms in total. The van der Waals surface area contributed by atoms with Crippen molar-refractivity contribution in [2.45, 2.75) is 6.42 Å². The molecule has 0 fully saturated rings. The summed E-state index contributed by atoms with van der Waals surface area (Å²) in [5.41, 5.74) is 0.515. The van der Waals surface area contributed by atoms with Crippen LogP contribution in [0.25, 0.3) is 6.08 Å². The number of aromatic hydroxyl groups is 1. The van der Waals surface area contributed by atoms with Gasteiger partial charge in [-0.3, -0.25) is 0 Å². The van der Waals surface area contributed by atoms with E-state index >= 15 is 0 Å². The van der Waals surface area contributed by atoms with Crippen LogP contribution in [-0.4, -0.2) is 10.4 Å². The van der Waals surface area contributed by atoms with Crippen molar-refractivity contribution in [2.24, 2.45) is 0 Å². The van der Waals surface area contributed by atoms with Crippen LogP contribution >= 0.6 is 15.9 Å². The average Bonchev–Trinajstić information content (AvgIpc) is 2.11. The van der Waals surface area contributed by atoms with Crippen molar-refractivity contribution in [3.05, 3.63) is 35.7 Å². The molecule has 1 N–H and O–H groups in total. The summed E-state index contributed by atoms with van der Waals surface area (Å²) in [6.07, 6.45) is 4.44. The van der Waals surface area contributed by atoms with Crippen molar-refractivity contribution in [1.29, 1.82) is 0 Å². The molecule has 0 saturated carbocycles. The quantitative estimate of drug-likeness (QED) is 0.810. The summed E-state index contributed by atoms with van der Waals surface area (Å²) in [6, 6.07) is 3.89. The zero-order chi connectivity index (χ0) is 9.68. The van der Waals surface area contributed by atoms with E-state index in [-0.39, 0.29) is 11.6 Å². The van der Waals surface area contributed by atoms with Crippen LogP contribution in [0.15, 0.2) is 24.3 Å². The first kappa shape index (κ1) is 10.3. The number of allylic oxidation sites excluding steroid dienone is 1. The molecule has 0 spiro atoms. The Balaban J connectivity index is 2.81. The Morgan fingerprint density at radius 3 is 2.92 bits per heavy atom. The maximum absolute atomic E-state index is 12.7. The molecule has 70 valence electrons. The minimum atomic E-state index is -0.337. The highest BCUT2D eigenvalue weighted by molar-refractivity contribution is 9.09. The molecule has 0 aliphatic carbocycles. The Labute approximate surface area is 85.0 Å². The van der Waals surface area contributed by atoms with Crippen LogP contribution in [-0.2, 0) is 0 Å². The van der Waals surface area contributed by atoms with E-state index in [0.717, 1.165) is 11.8 Å². The lowest BCUT2D eigenvalue weighted by Crippen LogP contribution is -1.78. The van der Waals surface area contributed by atoms with E-state index in [1.54, 1.807) is 6.08 Å². The van der Waals surface area contributed by atoms with Gasteiger partial charge in [0, 0.05) is 10.9 Å². The Bertz CT molecular complexity index is 310. The predicted octanol–water partition coefficient (Wildman–Crippen LogP) is 3.33. The number of phenols is 1. The number of alkyl halides is 1. The molecule has 0 atom stereocenters. The SMILES string of the molecule is Oc1ccc(F)cc1C=CCCBr. The smallest absolute Gasteiger partial charge is 0.124 e. The van der Waals surface area contributed by atoms with Crippen molar-refractivity contribution in [3.63, 3.8) is 0 Å². The van der Waals surface area contributed by atoms with Gasteiger partial charge in [0.1, 0.15) is 11.6 Å². The maximum Gasteiger partial charge on any atom is 0.124 e. The molecule has 1 rings (SSSR count). The third-order valence-electron chi connectivity index (χ3n) is 1.56. The van der Waals surface area contributed by atoms with E-state index in [4.69, 9.17) is 0 Å². The van der Waals surface area contributed by atoms with Gasteiger partial charge in [-0.05, 0) is 24.6 Å².